The van der Waals surface area contributed by atoms with Crippen LogP contribution in [0.4, 0.5) is 10.8 Å². The van der Waals surface area contributed by atoms with Gasteiger partial charge in [0.05, 0.1) is 10.6 Å². The molecule has 0 saturated heterocycles. The molecule has 0 atom stereocenters. The van der Waals surface area contributed by atoms with Crippen LogP contribution in [0.1, 0.15) is 23.2 Å². The monoisotopic (exact) mass is 369 g/mol. The molecule has 1 aliphatic rings. The molecule has 2 aromatic heterocycles. The molecule has 0 aliphatic heterocycles. The molecule has 0 bridgehead atoms. The van der Waals surface area contributed by atoms with Crippen LogP contribution in [0.5, 0.6) is 0 Å². The summed E-state index contributed by atoms with van der Waals surface area (Å²) in [6.45, 7) is 0. The molecule has 25 heavy (non-hydrogen) atoms. The minimum absolute atomic E-state index is 0.0260. The first-order chi connectivity index (χ1) is 12.2. The number of hydrogen-bond acceptors (Lipinski definition) is 5. The zero-order valence-corrected chi connectivity index (χ0v) is 14.8. The third-order valence-corrected chi connectivity index (χ3v) is 5.49. The van der Waals surface area contributed by atoms with Crippen LogP contribution in [0, 0.1) is 5.92 Å². The van der Waals surface area contributed by atoms with Crippen molar-refractivity contribution in [3.05, 3.63) is 52.7 Å². The molecule has 1 aliphatic carbocycles. The molecule has 7 heteroatoms. The van der Waals surface area contributed by atoms with Gasteiger partial charge in [0.1, 0.15) is 0 Å². The maximum atomic E-state index is 12.4. The van der Waals surface area contributed by atoms with E-state index in [4.69, 9.17) is 0 Å². The van der Waals surface area contributed by atoms with E-state index in [1.807, 2.05) is 22.9 Å². The van der Waals surface area contributed by atoms with E-state index in [1.54, 1.807) is 35.6 Å². The number of amides is 2. The minimum atomic E-state index is -0.241. The van der Waals surface area contributed by atoms with Crippen molar-refractivity contribution in [3.63, 3.8) is 0 Å². The molecule has 126 valence electrons. The second-order valence-corrected chi connectivity index (χ2v) is 7.62. The summed E-state index contributed by atoms with van der Waals surface area (Å²) in [6.07, 6.45) is 1.89. The fraction of sp³-hybridized carbons (Fsp3) is 0.167. The summed E-state index contributed by atoms with van der Waals surface area (Å²) in [5.74, 6) is -0.0869. The lowest BCUT2D eigenvalue weighted by Gasteiger charge is -2.06. The van der Waals surface area contributed by atoms with E-state index in [-0.39, 0.29) is 17.7 Å². The van der Waals surface area contributed by atoms with Gasteiger partial charge in [-0.05, 0) is 42.5 Å². The smallest absolute Gasteiger partial charge is 0.257 e. The maximum absolute atomic E-state index is 12.4. The summed E-state index contributed by atoms with van der Waals surface area (Å²) in [6, 6.07) is 10.9. The van der Waals surface area contributed by atoms with E-state index in [1.165, 1.54) is 11.3 Å². The molecule has 4 rings (SSSR count). The van der Waals surface area contributed by atoms with E-state index in [0.717, 1.165) is 23.4 Å². The van der Waals surface area contributed by atoms with Crippen molar-refractivity contribution in [2.75, 3.05) is 10.6 Å². The summed E-state index contributed by atoms with van der Waals surface area (Å²) < 4.78 is 0. The van der Waals surface area contributed by atoms with Crippen LogP contribution < -0.4 is 10.6 Å². The fourth-order valence-corrected chi connectivity index (χ4v) is 3.83. The number of hydrogen-bond donors (Lipinski definition) is 2. The number of nitrogens with zero attached hydrogens (tertiary/aromatic N) is 1. The molecular weight excluding hydrogens is 354 g/mol. The first-order valence-corrected chi connectivity index (χ1v) is 9.66. The predicted octanol–water partition coefficient (Wildman–Crippen LogP) is 4.47. The minimum Gasteiger partial charge on any atom is -0.326 e. The highest BCUT2D eigenvalue weighted by molar-refractivity contribution is 7.16. The molecule has 2 heterocycles. The van der Waals surface area contributed by atoms with Crippen LogP contribution in [0.2, 0.25) is 0 Å². The van der Waals surface area contributed by atoms with Gasteiger partial charge < -0.3 is 5.32 Å². The number of thiophene rings is 1. The molecular formula is C18H15N3O2S2. The fourth-order valence-electron chi connectivity index (χ4n) is 2.37. The largest absolute Gasteiger partial charge is 0.326 e. The number of nitrogens with one attached hydrogen (secondary N) is 2. The standard InChI is InChI=1S/C18H15N3O2S2/c22-16(11-6-7-11)19-13-4-1-3-12(9-13)17(23)21-18-20-14(10-25-18)15-5-2-8-24-15/h1-5,8-11H,6-7H2,(H,19,22)(H,20,21,23). The molecule has 3 aromatic rings. The van der Waals surface area contributed by atoms with E-state index < -0.39 is 0 Å². The molecule has 1 fully saturated rings. The number of anilines is 2. The Hall–Kier alpha value is -2.51. The van der Waals surface area contributed by atoms with Gasteiger partial charge in [-0.2, -0.15) is 0 Å². The lowest BCUT2D eigenvalue weighted by Crippen LogP contribution is -2.15. The quantitative estimate of drug-likeness (QED) is 0.697. The van der Waals surface area contributed by atoms with E-state index >= 15 is 0 Å². The SMILES string of the molecule is O=C(Nc1nc(-c2cccs2)cs1)c1cccc(NC(=O)C2CC2)c1. The summed E-state index contributed by atoms with van der Waals surface area (Å²) in [4.78, 5) is 29.8. The molecule has 2 N–H and O–H groups in total. The molecule has 5 nitrogen and oxygen atoms in total. The van der Waals surface area contributed by atoms with Crippen LogP contribution in [0.15, 0.2) is 47.2 Å². The number of thiazole rings is 1. The molecule has 0 unspecified atom stereocenters. The van der Waals surface area contributed by atoms with Crippen LogP contribution >= 0.6 is 22.7 Å². The summed E-state index contributed by atoms with van der Waals surface area (Å²) in [7, 11) is 0. The second-order valence-electron chi connectivity index (χ2n) is 5.81. The summed E-state index contributed by atoms with van der Waals surface area (Å²) >= 11 is 3.00. The number of rotatable bonds is 5. The van der Waals surface area contributed by atoms with E-state index in [0.29, 0.717) is 16.4 Å². The highest BCUT2D eigenvalue weighted by Gasteiger charge is 2.29. The molecule has 0 spiro atoms. The van der Waals surface area contributed by atoms with Gasteiger partial charge in [-0.3, -0.25) is 14.9 Å². The first-order valence-electron chi connectivity index (χ1n) is 7.91. The van der Waals surface area contributed by atoms with Crippen LogP contribution in [-0.4, -0.2) is 16.8 Å². The Bertz CT molecular complexity index is 914. The Labute approximate surface area is 152 Å². The topological polar surface area (TPSA) is 71.1 Å². The first kappa shape index (κ1) is 16.0. The third kappa shape index (κ3) is 3.78. The van der Waals surface area contributed by atoms with Crippen molar-refractivity contribution < 1.29 is 9.59 Å². The van der Waals surface area contributed by atoms with Crippen molar-refractivity contribution >= 4 is 45.3 Å². The zero-order chi connectivity index (χ0) is 17.2. The van der Waals surface area contributed by atoms with Crippen molar-refractivity contribution in [1.29, 1.82) is 0 Å². The number of carbonyl (C=O) groups is 2. The van der Waals surface area contributed by atoms with Gasteiger partial charge >= 0.3 is 0 Å². The van der Waals surface area contributed by atoms with Gasteiger partial charge in [-0.25, -0.2) is 4.98 Å². The Morgan fingerprint density at radius 3 is 2.72 bits per heavy atom. The lowest BCUT2D eigenvalue weighted by atomic mass is 10.2. The molecule has 2 amide bonds. The third-order valence-electron chi connectivity index (χ3n) is 3.84. The van der Waals surface area contributed by atoms with Crippen LogP contribution in [0.3, 0.4) is 0 Å². The van der Waals surface area contributed by atoms with Crippen LogP contribution in [-0.2, 0) is 4.79 Å². The zero-order valence-electron chi connectivity index (χ0n) is 13.2. The molecule has 1 saturated carbocycles. The maximum Gasteiger partial charge on any atom is 0.257 e. The Morgan fingerprint density at radius 2 is 1.96 bits per heavy atom. The summed E-state index contributed by atoms with van der Waals surface area (Å²) in [5.41, 5.74) is 1.99. The van der Waals surface area contributed by atoms with E-state index in [2.05, 4.69) is 15.6 Å². The van der Waals surface area contributed by atoms with E-state index in [9.17, 15) is 9.59 Å². The van der Waals surface area contributed by atoms with Crippen LogP contribution in [0.25, 0.3) is 10.6 Å². The van der Waals surface area contributed by atoms with Crippen molar-refractivity contribution in [1.82, 2.24) is 4.98 Å². The van der Waals surface area contributed by atoms with Gasteiger partial charge in [0.15, 0.2) is 5.13 Å². The van der Waals surface area contributed by atoms with Gasteiger partial charge in [-0.1, -0.05) is 12.1 Å². The Morgan fingerprint density at radius 1 is 1.08 bits per heavy atom. The average Bonchev–Trinajstić information content (AvgIpc) is 3.13. The Balaban J connectivity index is 1.45. The lowest BCUT2D eigenvalue weighted by molar-refractivity contribution is -0.117. The molecule has 1 aromatic carbocycles. The molecule has 0 radical (unpaired) electrons. The average molecular weight is 369 g/mol. The van der Waals surface area contributed by atoms with Gasteiger partial charge in [0.2, 0.25) is 5.91 Å². The number of benzene rings is 1. The van der Waals surface area contributed by atoms with Crippen molar-refractivity contribution in [2.45, 2.75) is 12.8 Å². The normalized spacial score (nSPS) is 13.4. The van der Waals surface area contributed by atoms with Gasteiger partial charge in [-0.15, -0.1) is 22.7 Å². The highest BCUT2D eigenvalue weighted by atomic mass is 32.1. The highest BCUT2D eigenvalue weighted by Crippen LogP contribution is 2.30. The van der Waals surface area contributed by atoms with Gasteiger partial charge in [0, 0.05) is 22.5 Å². The van der Waals surface area contributed by atoms with Crippen molar-refractivity contribution in [3.8, 4) is 10.6 Å². The van der Waals surface area contributed by atoms with Gasteiger partial charge in [0.25, 0.3) is 5.91 Å². The number of aromatic nitrogens is 1. The Kier molecular flexibility index (Phi) is 4.33. The predicted molar refractivity (Wildman–Crippen MR) is 101 cm³/mol. The van der Waals surface area contributed by atoms with Crippen molar-refractivity contribution in [2.24, 2.45) is 5.92 Å². The summed E-state index contributed by atoms with van der Waals surface area (Å²) in [5, 5.41) is 10.1. The second kappa shape index (κ2) is 6.78. The number of carbonyl (C=O) groups excluding carboxylic acids is 2.